The Balaban J connectivity index is 0.978. The molecule has 2 aromatic carbocycles. The maximum absolute atomic E-state index is 5.87. The van der Waals surface area contributed by atoms with Crippen molar-refractivity contribution in [1.29, 1.82) is 0 Å². The molecule has 0 aliphatic carbocycles. The molecule has 0 unspecified atom stereocenters. The molecule has 6 aromatic heterocycles. The van der Waals surface area contributed by atoms with E-state index in [0.29, 0.717) is 17.6 Å². The van der Waals surface area contributed by atoms with Crippen LogP contribution in [0.25, 0.3) is 56.1 Å². The second kappa shape index (κ2) is 12.6. The first kappa shape index (κ1) is 29.8. The van der Waals surface area contributed by atoms with Crippen LogP contribution in [0.3, 0.4) is 0 Å². The van der Waals surface area contributed by atoms with Crippen LogP contribution in [0.1, 0.15) is 30.1 Å². The Morgan fingerprint density at radius 3 is 2.46 bits per heavy atom. The van der Waals surface area contributed by atoms with E-state index in [1.54, 1.807) is 24.8 Å². The van der Waals surface area contributed by atoms with Gasteiger partial charge in [0.1, 0.15) is 17.3 Å². The van der Waals surface area contributed by atoms with Gasteiger partial charge in [-0.25, -0.2) is 19.4 Å². The van der Waals surface area contributed by atoms with E-state index in [-0.39, 0.29) is 0 Å². The zero-order chi connectivity index (χ0) is 33.4. The number of benzene rings is 2. The first-order valence-electron chi connectivity index (χ1n) is 16.8. The van der Waals surface area contributed by atoms with E-state index < -0.39 is 0 Å². The lowest BCUT2D eigenvalue weighted by molar-refractivity contribution is -0.511. The lowest BCUT2D eigenvalue weighted by Gasteiger charge is -2.31. The highest BCUT2D eigenvalue weighted by molar-refractivity contribution is 5.97. The summed E-state index contributed by atoms with van der Waals surface area (Å²) in [6, 6.07) is 33.1. The number of anilines is 1. The Hall–Kier alpha value is -6.33. The molecule has 1 fully saturated rings. The van der Waals surface area contributed by atoms with Gasteiger partial charge in [-0.1, -0.05) is 65.3 Å². The third-order valence-corrected chi connectivity index (χ3v) is 9.53. The molecule has 0 atom stereocenters. The monoisotopic (exact) mass is 656 g/mol. The molecule has 3 N–H and O–H groups in total. The zero-order valence-electron chi connectivity index (χ0n) is 27.3. The molecular weight excluding hydrogens is 623 g/mol. The number of aromatic nitrogens is 9. The van der Waals surface area contributed by atoms with Crippen molar-refractivity contribution in [2.24, 2.45) is 0 Å². The number of pyridine rings is 4. The average molecular weight is 657 g/mol. The van der Waals surface area contributed by atoms with Crippen LogP contribution >= 0.6 is 0 Å². The van der Waals surface area contributed by atoms with Gasteiger partial charge in [0, 0.05) is 34.9 Å². The number of piperidine rings is 1. The molecule has 0 amide bonds. The summed E-state index contributed by atoms with van der Waals surface area (Å²) in [5.41, 5.74) is 14.7. The molecule has 0 radical (unpaired) electrons. The smallest absolute Gasteiger partial charge is 0.280 e. The van der Waals surface area contributed by atoms with Crippen molar-refractivity contribution in [2.45, 2.75) is 25.3 Å². The van der Waals surface area contributed by atoms with Gasteiger partial charge in [0.05, 0.1) is 29.0 Å². The van der Waals surface area contributed by atoms with Crippen LogP contribution in [-0.2, 0) is 6.54 Å². The van der Waals surface area contributed by atoms with Crippen molar-refractivity contribution >= 4 is 22.4 Å². The summed E-state index contributed by atoms with van der Waals surface area (Å²) in [4.78, 5) is 21.2. The topological polar surface area (TPSA) is 131 Å². The molecule has 9 rings (SSSR count). The Kier molecular flexibility index (Phi) is 7.51. The minimum absolute atomic E-state index is 0.371. The molecular formula is C39H34N11+. The Morgan fingerprint density at radius 1 is 0.840 bits per heavy atom. The van der Waals surface area contributed by atoms with Gasteiger partial charge in [-0.2, -0.15) is 5.10 Å². The summed E-state index contributed by atoms with van der Waals surface area (Å²) < 4.78 is 3.89. The summed E-state index contributed by atoms with van der Waals surface area (Å²) in [7, 11) is 0. The van der Waals surface area contributed by atoms with Crippen LogP contribution in [0.15, 0.2) is 122 Å². The number of likely N-dealkylation sites (tertiary alicyclic amines) is 1. The highest BCUT2D eigenvalue weighted by Crippen LogP contribution is 2.35. The largest absolute Gasteiger partial charge is 0.384 e. The predicted molar refractivity (Wildman–Crippen MR) is 192 cm³/mol. The fourth-order valence-corrected chi connectivity index (χ4v) is 6.90. The van der Waals surface area contributed by atoms with Gasteiger partial charge in [-0.15, -0.1) is 0 Å². The lowest BCUT2D eigenvalue weighted by atomic mass is 9.95. The highest BCUT2D eigenvalue weighted by atomic mass is 15.4. The SMILES string of the molecule is Nc1ccc(-n2nc[n+]3ccc4nc(-c5ccc(CN6CCC(c7nc(-c8ccccn8)n[nH]7)CC6)cc5)c(-c5ccccc5)cc4c23)cn1. The lowest BCUT2D eigenvalue weighted by Crippen LogP contribution is -2.32. The molecule has 0 bridgehead atoms. The number of hydrogen-bond donors (Lipinski definition) is 2. The first-order chi connectivity index (χ1) is 24.7. The quantitative estimate of drug-likeness (QED) is 0.199. The van der Waals surface area contributed by atoms with Gasteiger partial charge in [0.25, 0.3) is 12.0 Å². The Morgan fingerprint density at radius 2 is 1.68 bits per heavy atom. The van der Waals surface area contributed by atoms with Gasteiger partial charge >= 0.3 is 0 Å². The summed E-state index contributed by atoms with van der Waals surface area (Å²) >= 11 is 0. The van der Waals surface area contributed by atoms with E-state index in [2.05, 4.69) is 84.8 Å². The van der Waals surface area contributed by atoms with E-state index in [0.717, 1.165) is 88.6 Å². The van der Waals surface area contributed by atoms with Crippen molar-refractivity contribution in [2.75, 3.05) is 18.8 Å². The predicted octanol–water partition coefficient (Wildman–Crippen LogP) is 6.03. The second-order valence-electron chi connectivity index (χ2n) is 12.7. The van der Waals surface area contributed by atoms with Crippen molar-refractivity contribution < 1.29 is 4.40 Å². The van der Waals surface area contributed by atoms with Crippen LogP contribution in [0.4, 0.5) is 5.82 Å². The molecule has 0 spiro atoms. The number of fused-ring (bicyclic) bond motifs is 3. The molecule has 1 aliphatic rings. The van der Waals surface area contributed by atoms with Crippen molar-refractivity contribution in [3.63, 3.8) is 0 Å². The van der Waals surface area contributed by atoms with Gasteiger partial charge in [0.15, 0.2) is 11.5 Å². The summed E-state index contributed by atoms with van der Waals surface area (Å²) in [5, 5.41) is 13.3. The molecule has 7 heterocycles. The van der Waals surface area contributed by atoms with Crippen LogP contribution in [-0.4, -0.2) is 57.9 Å². The molecule has 0 saturated carbocycles. The first-order valence-corrected chi connectivity index (χ1v) is 16.8. The summed E-state index contributed by atoms with van der Waals surface area (Å²) in [6.45, 7) is 2.91. The van der Waals surface area contributed by atoms with Crippen LogP contribution in [0.2, 0.25) is 0 Å². The van der Waals surface area contributed by atoms with Crippen molar-refractivity contribution in [3.8, 4) is 39.6 Å². The number of nitrogens with one attached hydrogen (secondary N) is 1. The fraction of sp³-hybridized carbons (Fsp3) is 0.154. The van der Waals surface area contributed by atoms with E-state index in [1.165, 1.54) is 5.56 Å². The fourth-order valence-electron chi connectivity index (χ4n) is 6.90. The average Bonchev–Trinajstić information content (AvgIpc) is 3.85. The number of hydrogen-bond acceptors (Lipinski definition) is 8. The molecule has 11 heteroatoms. The van der Waals surface area contributed by atoms with E-state index in [9.17, 15) is 0 Å². The van der Waals surface area contributed by atoms with E-state index >= 15 is 0 Å². The highest BCUT2D eigenvalue weighted by Gasteiger charge is 2.25. The minimum Gasteiger partial charge on any atom is -0.384 e. The molecule has 244 valence electrons. The normalized spacial score (nSPS) is 14.1. The van der Waals surface area contributed by atoms with Gasteiger partial charge in [-0.05, 0) is 73.5 Å². The summed E-state index contributed by atoms with van der Waals surface area (Å²) in [5.74, 6) is 2.46. The molecule has 1 saturated heterocycles. The third kappa shape index (κ3) is 5.63. The number of aromatic amines is 1. The minimum atomic E-state index is 0.371. The standard InChI is InChI=1S/C39H34N11/c40-35-14-13-30(23-42-35)50-39-32-22-31(27-6-2-1-3-7-27)36(44-33(32)17-21-49(39)25-43-50)28-11-9-26(10-12-28)24-48-19-15-29(16-20-48)37-45-38(47-46-37)34-8-4-5-18-41-34/h1-14,17-18,21-23,25,29H,15-16,19-20,24H2,(H2,40,42)(H,45,46,47)/q+1. The van der Waals surface area contributed by atoms with E-state index in [4.69, 9.17) is 15.7 Å². The molecule has 1 aliphatic heterocycles. The molecule has 8 aromatic rings. The maximum atomic E-state index is 5.87. The third-order valence-electron chi connectivity index (χ3n) is 9.53. The van der Waals surface area contributed by atoms with Crippen LogP contribution in [0.5, 0.6) is 0 Å². The van der Waals surface area contributed by atoms with Crippen molar-refractivity contribution in [3.05, 3.63) is 133 Å². The number of H-pyrrole nitrogens is 1. The molecule has 50 heavy (non-hydrogen) atoms. The van der Waals surface area contributed by atoms with Crippen LogP contribution < -0.4 is 10.1 Å². The number of nitrogens with zero attached hydrogens (tertiary/aromatic N) is 9. The van der Waals surface area contributed by atoms with Gasteiger partial charge < -0.3 is 5.73 Å². The number of rotatable bonds is 7. The number of nitrogens with two attached hydrogens (primary N) is 1. The zero-order valence-corrected chi connectivity index (χ0v) is 27.3. The van der Waals surface area contributed by atoms with Crippen LogP contribution in [0, 0.1) is 0 Å². The number of nitrogen functional groups attached to an aromatic ring is 1. The molecule has 11 nitrogen and oxygen atoms in total. The second-order valence-corrected chi connectivity index (χ2v) is 12.7. The van der Waals surface area contributed by atoms with Gasteiger partial charge in [0.2, 0.25) is 0 Å². The van der Waals surface area contributed by atoms with E-state index in [1.807, 2.05) is 51.7 Å². The summed E-state index contributed by atoms with van der Waals surface area (Å²) in [6.07, 6.45) is 9.38. The Labute approximate surface area is 288 Å². The van der Waals surface area contributed by atoms with Crippen molar-refractivity contribution in [1.82, 2.24) is 44.8 Å². The maximum Gasteiger partial charge on any atom is 0.280 e. The Bertz CT molecular complexity index is 2410. The van der Waals surface area contributed by atoms with Gasteiger partial charge in [-0.3, -0.25) is 15.0 Å².